The molecule has 2 N–H and O–H groups in total. The number of amides is 1. The van der Waals surface area contributed by atoms with Gasteiger partial charge in [0.15, 0.2) is 0 Å². The zero-order valence-electron chi connectivity index (χ0n) is 10.5. The van der Waals surface area contributed by atoms with Crippen molar-refractivity contribution in [2.45, 2.75) is 26.0 Å². The van der Waals surface area contributed by atoms with Crippen molar-refractivity contribution >= 4 is 27.5 Å². The van der Waals surface area contributed by atoms with Crippen molar-refractivity contribution in [1.29, 1.82) is 0 Å². The Morgan fingerprint density at radius 3 is 2.83 bits per heavy atom. The number of carbonyl (C=O) groups excluding carboxylic acids is 1. The van der Waals surface area contributed by atoms with Crippen molar-refractivity contribution < 1.29 is 9.53 Å². The smallest absolute Gasteiger partial charge is 0.254 e. The number of nitrogens with zero attached hydrogens (tertiary/aromatic N) is 1. The van der Waals surface area contributed by atoms with Gasteiger partial charge >= 0.3 is 0 Å². The molecule has 1 aliphatic heterocycles. The Morgan fingerprint density at radius 1 is 1.44 bits per heavy atom. The molecular formula is C13H17BrN2O2. The number of anilines is 1. The normalized spacial score (nSPS) is 24.1. The van der Waals surface area contributed by atoms with Crippen LogP contribution in [0.15, 0.2) is 22.7 Å². The standard InChI is InChI=1S/C13H17BrN2O2/c1-8-7-18-9(2)6-16(8)13(17)10-3-11(14)5-12(15)4-10/h3-5,8-9H,6-7,15H2,1-2H3. The van der Waals surface area contributed by atoms with Gasteiger partial charge in [0, 0.05) is 22.3 Å². The molecule has 0 spiro atoms. The summed E-state index contributed by atoms with van der Waals surface area (Å²) in [6.45, 7) is 5.16. The molecule has 2 rings (SSSR count). The van der Waals surface area contributed by atoms with E-state index in [9.17, 15) is 4.79 Å². The summed E-state index contributed by atoms with van der Waals surface area (Å²) in [6, 6.07) is 5.38. The molecule has 1 aromatic carbocycles. The minimum absolute atomic E-state index is 0.00523. The minimum atomic E-state index is 0.00523. The summed E-state index contributed by atoms with van der Waals surface area (Å²) in [4.78, 5) is 14.3. The van der Waals surface area contributed by atoms with Gasteiger partial charge in [0.1, 0.15) is 0 Å². The number of benzene rings is 1. The number of ether oxygens (including phenoxy) is 1. The van der Waals surface area contributed by atoms with Crippen molar-refractivity contribution in [3.8, 4) is 0 Å². The van der Waals surface area contributed by atoms with E-state index >= 15 is 0 Å². The van der Waals surface area contributed by atoms with Crippen molar-refractivity contribution in [2.24, 2.45) is 0 Å². The third-order valence-electron chi connectivity index (χ3n) is 3.04. The molecule has 1 saturated heterocycles. The third-order valence-corrected chi connectivity index (χ3v) is 3.49. The van der Waals surface area contributed by atoms with Crippen LogP contribution < -0.4 is 5.73 Å². The lowest BCUT2D eigenvalue weighted by atomic mass is 10.1. The maximum absolute atomic E-state index is 12.5. The highest BCUT2D eigenvalue weighted by molar-refractivity contribution is 9.10. The molecule has 1 fully saturated rings. The Kier molecular flexibility index (Phi) is 3.92. The Labute approximate surface area is 115 Å². The number of halogens is 1. The fraction of sp³-hybridized carbons (Fsp3) is 0.462. The van der Waals surface area contributed by atoms with Crippen LogP contribution in [-0.2, 0) is 4.74 Å². The number of nitrogens with two attached hydrogens (primary N) is 1. The predicted octanol–water partition coefficient (Wildman–Crippen LogP) is 2.28. The molecule has 1 aliphatic rings. The summed E-state index contributed by atoms with van der Waals surface area (Å²) in [5.74, 6) is 0.00523. The second-order valence-corrected chi connectivity index (χ2v) is 5.64. The fourth-order valence-corrected chi connectivity index (χ4v) is 2.60. The second kappa shape index (κ2) is 5.28. The molecule has 0 radical (unpaired) electrons. The lowest BCUT2D eigenvalue weighted by Gasteiger charge is -2.36. The predicted molar refractivity (Wildman–Crippen MR) is 74.5 cm³/mol. The number of nitrogen functional groups attached to an aromatic ring is 1. The molecule has 1 aromatic rings. The van der Waals surface area contributed by atoms with Gasteiger partial charge in [0.05, 0.1) is 18.8 Å². The summed E-state index contributed by atoms with van der Waals surface area (Å²) < 4.78 is 6.35. The van der Waals surface area contributed by atoms with E-state index in [0.717, 1.165) is 4.47 Å². The highest BCUT2D eigenvalue weighted by atomic mass is 79.9. The van der Waals surface area contributed by atoms with Gasteiger partial charge in [0.25, 0.3) is 5.91 Å². The quantitative estimate of drug-likeness (QED) is 0.809. The van der Waals surface area contributed by atoms with Gasteiger partial charge in [-0.3, -0.25) is 4.79 Å². The average Bonchev–Trinajstić information content (AvgIpc) is 2.30. The number of hydrogen-bond donors (Lipinski definition) is 1. The Bertz CT molecular complexity index is 444. The molecular weight excluding hydrogens is 296 g/mol. The Balaban J connectivity index is 2.24. The second-order valence-electron chi connectivity index (χ2n) is 4.72. The number of carbonyl (C=O) groups is 1. The van der Waals surface area contributed by atoms with Crippen LogP contribution in [0.3, 0.4) is 0 Å². The van der Waals surface area contributed by atoms with Crippen LogP contribution in [0.2, 0.25) is 0 Å². The van der Waals surface area contributed by atoms with Crippen LogP contribution in [0.25, 0.3) is 0 Å². The van der Waals surface area contributed by atoms with Gasteiger partial charge < -0.3 is 15.4 Å². The van der Waals surface area contributed by atoms with Crippen molar-refractivity contribution in [3.63, 3.8) is 0 Å². The summed E-state index contributed by atoms with van der Waals surface area (Å²) in [6.07, 6.45) is 0.0784. The largest absolute Gasteiger partial charge is 0.399 e. The summed E-state index contributed by atoms with van der Waals surface area (Å²) in [7, 11) is 0. The van der Waals surface area contributed by atoms with Crippen molar-refractivity contribution in [3.05, 3.63) is 28.2 Å². The zero-order chi connectivity index (χ0) is 13.3. The Morgan fingerprint density at radius 2 is 2.17 bits per heavy atom. The molecule has 0 aromatic heterocycles. The van der Waals surface area contributed by atoms with Gasteiger partial charge in [-0.1, -0.05) is 15.9 Å². The SMILES string of the molecule is CC1CN(C(=O)c2cc(N)cc(Br)c2)C(C)CO1. The molecule has 1 amide bonds. The molecule has 1 heterocycles. The molecule has 4 nitrogen and oxygen atoms in total. The molecule has 0 saturated carbocycles. The average molecular weight is 313 g/mol. The van der Waals surface area contributed by atoms with Crippen LogP contribution >= 0.6 is 15.9 Å². The zero-order valence-corrected chi connectivity index (χ0v) is 12.1. The number of rotatable bonds is 1. The van der Waals surface area contributed by atoms with Gasteiger partial charge in [-0.2, -0.15) is 0 Å². The Hall–Kier alpha value is -1.07. The van der Waals surface area contributed by atoms with Crippen LogP contribution in [0, 0.1) is 0 Å². The van der Waals surface area contributed by atoms with Crippen LogP contribution in [0.1, 0.15) is 24.2 Å². The van der Waals surface area contributed by atoms with Gasteiger partial charge in [-0.15, -0.1) is 0 Å². The first-order chi connectivity index (χ1) is 8.47. The first kappa shape index (κ1) is 13.4. The highest BCUT2D eigenvalue weighted by Gasteiger charge is 2.28. The lowest BCUT2D eigenvalue weighted by molar-refractivity contribution is -0.0387. The van der Waals surface area contributed by atoms with E-state index in [1.165, 1.54) is 0 Å². The maximum atomic E-state index is 12.5. The minimum Gasteiger partial charge on any atom is -0.399 e. The van der Waals surface area contributed by atoms with Crippen molar-refractivity contribution in [2.75, 3.05) is 18.9 Å². The van der Waals surface area contributed by atoms with E-state index in [4.69, 9.17) is 10.5 Å². The number of hydrogen-bond acceptors (Lipinski definition) is 3. The monoisotopic (exact) mass is 312 g/mol. The van der Waals surface area contributed by atoms with E-state index in [1.54, 1.807) is 18.2 Å². The number of morpholine rings is 1. The molecule has 2 unspecified atom stereocenters. The summed E-state index contributed by atoms with van der Waals surface area (Å²) in [5.41, 5.74) is 6.96. The van der Waals surface area contributed by atoms with Gasteiger partial charge in [-0.05, 0) is 32.0 Å². The van der Waals surface area contributed by atoms with E-state index in [1.807, 2.05) is 18.7 Å². The molecule has 0 bridgehead atoms. The third kappa shape index (κ3) is 2.84. The fourth-order valence-electron chi connectivity index (χ4n) is 2.09. The van der Waals surface area contributed by atoms with Crippen LogP contribution in [0.4, 0.5) is 5.69 Å². The van der Waals surface area contributed by atoms with Crippen LogP contribution in [0.5, 0.6) is 0 Å². The first-order valence-electron chi connectivity index (χ1n) is 5.96. The van der Waals surface area contributed by atoms with Crippen LogP contribution in [-0.4, -0.2) is 36.1 Å². The highest BCUT2D eigenvalue weighted by Crippen LogP contribution is 2.21. The van der Waals surface area contributed by atoms with E-state index in [2.05, 4.69) is 15.9 Å². The molecule has 2 atom stereocenters. The summed E-state index contributed by atoms with van der Waals surface area (Å²) >= 11 is 3.36. The molecule has 0 aliphatic carbocycles. The lowest BCUT2D eigenvalue weighted by Crippen LogP contribution is -2.50. The summed E-state index contributed by atoms with van der Waals surface area (Å²) in [5, 5.41) is 0. The van der Waals surface area contributed by atoms with E-state index in [0.29, 0.717) is 24.4 Å². The van der Waals surface area contributed by atoms with E-state index in [-0.39, 0.29) is 18.1 Å². The first-order valence-corrected chi connectivity index (χ1v) is 6.75. The molecule has 5 heteroatoms. The maximum Gasteiger partial charge on any atom is 0.254 e. The van der Waals surface area contributed by atoms with Gasteiger partial charge in [0.2, 0.25) is 0 Å². The molecule has 98 valence electrons. The topological polar surface area (TPSA) is 55.6 Å². The van der Waals surface area contributed by atoms with E-state index < -0.39 is 0 Å². The van der Waals surface area contributed by atoms with Gasteiger partial charge in [-0.25, -0.2) is 0 Å². The molecule has 18 heavy (non-hydrogen) atoms. The van der Waals surface area contributed by atoms with Crippen molar-refractivity contribution in [1.82, 2.24) is 4.90 Å².